The number of rotatable bonds is 6. The van der Waals surface area contributed by atoms with Gasteiger partial charge in [-0.2, -0.15) is 0 Å². The third-order valence-corrected chi connectivity index (χ3v) is 5.40. The van der Waals surface area contributed by atoms with E-state index in [1.54, 1.807) is 62.4 Å². The summed E-state index contributed by atoms with van der Waals surface area (Å²) in [6, 6.07) is 13.4. The van der Waals surface area contributed by atoms with Gasteiger partial charge >= 0.3 is 11.9 Å². The zero-order chi connectivity index (χ0) is 22.5. The fraction of sp³-hybridized carbons (Fsp3) is 0.182. The molecule has 1 aliphatic heterocycles. The molecule has 0 unspecified atom stereocenters. The molecule has 2 amide bonds. The second-order valence-electron chi connectivity index (χ2n) is 6.74. The van der Waals surface area contributed by atoms with Crippen molar-refractivity contribution in [1.29, 1.82) is 0 Å². The Hall–Kier alpha value is -2.91. The van der Waals surface area contributed by atoms with Crippen LogP contribution in [-0.4, -0.2) is 40.6 Å². The molecule has 1 heterocycles. The summed E-state index contributed by atoms with van der Waals surface area (Å²) in [4.78, 5) is 50.1. The van der Waals surface area contributed by atoms with Gasteiger partial charge in [0, 0.05) is 10.0 Å². The first-order valence-corrected chi connectivity index (χ1v) is 10.9. The van der Waals surface area contributed by atoms with E-state index in [1.165, 1.54) is 6.08 Å². The molecule has 0 aromatic heterocycles. The van der Waals surface area contributed by atoms with Gasteiger partial charge in [0.1, 0.15) is 12.3 Å². The fourth-order valence-corrected chi connectivity index (χ4v) is 3.87. The predicted octanol–water partition coefficient (Wildman–Crippen LogP) is 4.66. The molecule has 0 spiro atoms. The largest absolute Gasteiger partial charge is 0.462 e. The first-order chi connectivity index (χ1) is 14.7. The topological polar surface area (TPSA) is 90.0 Å². The summed E-state index contributed by atoms with van der Waals surface area (Å²) in [6.07, 6.45) is 1.10. The minimum absolute atomic E-state index is 0.109. The van der Waals surface area contributed by atoms with Crippen molar-refractivity contribution in [2.75, 3.05) is 6.54 Å². The van der Waals surface area contributed by atoms with Crippen LogP contribution in [0.25, 0.3) is 6.08 Å². The molecule has 9 heteroatoms. The molecule has 1 fully saturated rings. The molecule has 0 N–H and O–H groups in total. The number of carbonyl (C=O) groups excluding carboxylic acids is 4. The smallest absolute Gasteiger partial charge is 0.343 e. The van der Waals surface area contributed by atoms with Crippen molar-refractivity contribution < 1.29 is 28.7 Å². The maximum absolute atomic E-state index is 12.7. The molecule has 0 saturated carbocycles. The van der Waals surface area contributed by atoms with E-state index in [-0.39, 0.29) is 16.8 Å². The molecule has 0 radical (unpaired) electrons. The fourth-order valence-electron chi connectivity index (χ4n) is 2.66. The van der Waals surface area contributed by atoms with Gasteiger partial charge in [-0.15, -0.1) is 0 Å². The lowest BCUT2D eigenvalue weighted by atomic mass is 10.1. The molecule has 3 rings (SSSR count). The van der Waals surface area contributed by atoms with Gasteiger partial charge in [0.05, 0.1) is 16.6 Å². The maximum Gasteiger partial charge on any atom is 0.343 e. The van der Waals surface area contributed by atoms with Crippen LogP contribution in [0.2, 0.25) is 0 Å². The summed E-state index contributed by atoms with van der Waals surface area (Å²) in [5.74, 6) is -1.61. The van der Waals surface area contributed by atoms with E-state index in [0.717, 1.165) is 4.90 Å². The Kier molecular flexibility index (Phi) is 7.29. The van der Waals surface area contributed by atoms with E-state index >= 15 is 0 Å². The zero-order valence-electron chi connectivity index (χ0n) is 16.7. The van der Waals surface area contributed by atoms with E-state index in [4.69, 9.17) is 9.47 Å². The predicted molar refractivity (Wildman–Crippen MR) is 119 cm³/mol. The molecule has 2 aromatic carbocycles. The van der Waals surface area contributed by atoms with Gasteiger partial charge in [-0.3, -0.25) is 19.3 Å². The first kappa shape index (κ1) is 22.8. The Labute approximate surface area is 191 Å². The summed E-state index contributed by atoms with van der Waals surface area (Å²) < 4.78 is 11.2. The summed E-state index contributed by atoms with van der Waals surface area (Å²) in [5, 5.41) is -0.574. The van der Waals surface area contributed by atoms with Gasteiger partial charge in [0.15, 0.2) is 0 Å². The van der Waals surface area contributed by atoms with Crippen molar-refractivity contribution in [2.45, 2.75) is 20.0 Å². The van der Waals surface area contributed by atoms with Crippen molar-refractivity contribution in [3.8, 4) is 5.75 Å². The number of benzene rings is 2. The normalized spacial score (nSPS) is 15.0. The summed E-state index contributed by atoms with van der Waals surface area (Å²) in [5.41, 5.74) is 0.800. The minimum Gasteiger partial charge on any atom is -0.462 e. The average molecular weight is 504 g/mol. The van der Waals surface area contributed by atoms with E-state index in [0.29, 0.717) is 27.4 Å². The Balaban J connectivity index is 1.83. The molecule has 0 aliphatic carbocycles. The standard InChI is InChI=1S/C22H18BrNO6S/c1-13(2)29-19(25)12-24-20(26)18(31-22(24)28)11-15-10-16(23)8-9-17(15)30-21(27)14-6-4-3-5-7-14/h3-11,13H,12H2,1-2H3/b18-11-. The van der Waals surface area contributed by atoms with Crippen molar-refractivity contribution in [3.63, 3.8) is 0 Å². The van der Waals surface area contributed by atoms with Crippen LogP contribution in [0.15, 0.2) is 57.9 Å². The third kappa shape index (κ3) is 5.83. The average Bonchev–Trinajstić information content (AvgIpc) is 2.97. The zero-order valence-corrected chi connectivity index (χ0v) is 19.1. The van der Waals surface area contributed by atoms with Crippen molar-refractivity contribution in [2.24, 2.45) is 0 Å². The van der Waals surface area contributed by atoms with Crippen molar-refractivity contribution in [3.05, 3.63) is 69.0 Å². The molecular weight excluding hydrogens is 486 g/mol. The Morgan fingerprint density at radius 1 is 1.13 bits per heavy atom. The Morgan fingerprint density at radius 2 is 1.84 bits per heavy atom. The van der Waals surface area contributed by atoms with Gasteiger partial charge in [-0.25, -0.2) is 4.79 Å². The number of nitrogens with zero attached hydrogens (tertiary/aromatic N) is 1. The number of esters is 2. The molecule has 0 atom stereocenters. The monoisotopic (exact) mass is 503 g/mol. The molecule has 1 saturated heterocycles. The molecule has 7 nitrogen and oxygen atoms in total. The maximum atomic E-state index is 12.7. The molecule has 31 heavy (non-hydrogen) atoms. The number of hydrogen-bond donors (Lipinski definition) is 0. The lowest BCUT2D eigenvalue weighted by molar-refractivity contribution is -0.149. The second kappa shape index (κ2) is 9.93. The van der Waals surface area contributed by atoms with Crippen LogP contribution in [0.1, 0.15) is 29.8 Å². The lowest BCUT2D eigenvalue weighted by Gasteiger charge is -2.13. The highest BCUT2D eigenvalue weighted by atomic mass is 79.9. The van der Waals surface area contributed by atoms with Gasteiger partial charge in [0.25, 0.3) is 11.1 Å². The molecule has 160 valence electrons. The van der Waals surface area contributed by atoms with E-state index in [9.17, 15) is 19.2 Å². The Bertz CT molecular complexity index is 1070. The summed E-state index contributed by atoms with van der Waals surface area (Å²) in [6.45, 7) is 2.89. The van der Waals surface area contributed by atoms with E-state index < -0.39 is 29.6 Å². The second-order valence-corrected chi connectivity index (χ2v) is 8.65. The number of thioether (sulfide) groups is 1. The lowest BCUT2D eigenvalue weighted by Crippen LogP contribution is -2.35. The quantitative estimate of drug-likeness (QED) is 0.321. The number of amides is 2. The van der Waals surface area contributed by atoms with Crippen LogP contribution < -0.4 is 4.74 Å². The number of hydrogen-bond acceptors (Lipinski definition) is 7. The van der Waals surface area contributed by atoms with E-state index in [2.05, 4.69) is 15.9 Å². The van der Waals surface area contributed by atoms with Crippen LogP contribution in [0.3, 0.4) is 0 Å². The number of carbonyl (C=O) groups is 4. The summed E-state index contributed by atoms with van der Waals surface area (Å²) >= 11 is 4.05. The highest BCUT2D eigenvalue weighted by molar-refractivity contribution is 9.10. The summed E-state index contributed by atoms with van der Waals surface area (Å²) in [7, 11) is 0. The van der Waals surface area contributed by atoms with Crippen LogP contribution in [0.5, 0.6) is 5.75 Å². The van der Waals surface area contributed by atoms with Gasteiger partial charge in [-0.05, 0) is 62.0 Å². The molecule has 0 bridgehead atoms. The molecule has 2 aromatic rings. The van der Waals surface area contributed by atoms with Crippen LogP contribution >= 0.6 is 27.7 Å². The van der Waals surface area contributed by atoms with Gasteiger partial charge in [-0.1, -0.05) is 34.1 Å². The first-order valence-electron chi connectivity index (χ1n) is 9.26. The highest BCUT2D eigenvalue weighted by Crippen LogP contribution is 2.35. The molecule has 1 aliphatic rings. The number of ether oxygens (including phenoxy) is 2. The van der Waals surface area contributed by atoms with Gasteiger partial charge in [0.2, 0.25) is 0 Å². The van der Waals surface area contributed by atoms with Crippen molar-refractivity contribution >= 4 is 56.9 Å². The van der Waals surface area contributed by atoms with Crippen LogP contribution in [0.4, 0.5) is 4.79 Å². The minimum atomic E-state index is -0.668. The van der Waals surface area contributed by atoms with Crippen LogP contribution in [-0.2, 0) is 14.3 Å². The van der Waals surface area contributed by atoms with E-state index in [1.807, 2.05) is 0 Å². The van der Waals surface area contributed by atoms with Crippen LogP contribution in [0, 0.1) is 0 Å². The Morgan fingerprint density at radius 3 is 2.52 bits per heavy atom. The molecular formula is C22H18BrNO6S. The van der Waals surface area contributed by atoms with Crippen molar-refractivity contribution in [1.82, 2.24) is 4.90 Å². The van der Waals surface area contributed by atoms with Gasteiger partial charge < -0.3 is 9.47 Å². The number of halogens is 1. The highest BCUT2D eigenvalue weighted by Gasteiger charge is 2.37. The SMILES string of the molecule is CC(C)OC(=O)CN1C(=O)S/C(=C\c2cc(Br)ccc2OC(=O)c2ccccc2)C1=O. The number of imide groups is 1. The third-order valence-electron chi connectivity index (χ3n) is 4.00.